The first-order valence-corrected chi connectivity index (χ1v) is 6.82. The molecule has 0 spiro atoms. The van der Waals surface area contributed by atoms with Gasteiger partial charge in [-0.15, -0.1) is 11.8 Å². The number of nitrogens with one attached hydrogen (secondary N) is 1. The van der Waals surface area contributed by atoms with Gasteiger partial charge in [0.15, 0.2) is 0 Å². The highest BCUT2D eigenvalue weighted by atomic mass is 32.2. The first-order valence-electron chi connectivity index (χ1n) is 5.83. The highest BCUT2D eigenvalue weighted by Crippen LogP contribution is 2.26. The van der Waals surface area contributed by atoms with Crippen LogP contribution in [0.15, 0.2) is 29.2 Å². The van der Waals surface area contributed by atoms with Gasteiger partial charge < -0.3 is 11.1 Å². The number of hydrogen-bond donors (Lipinski definition) is 2. The number of anilines is 1. The van der Waals surface area contributed by atoms with Gasteiger partial charge in [0, 0.05) is 17.1 Å². The Balaban J connectivity index is 2.54. The lowest BCUT2D eigenvalue weighted by molar-refractivity contribution is -0.115. The lowest BCUT2D eigenvalue weighted by Crippen LogP contribution is -2.13. The van der Waals surface area contributed by atoms with Gasteiger partial charge in [-0.3, -0.25) is 4.79 Å². The fourth-order valence-corrected chi connectivity index (χ4v) is 2.15. The van der Waals surface area contributed by atoms with Gasteiger partial charge in [-0.25, -0.2) is 0 Å². The third kappa shape index (κ3) is 5.63. The molecule has 94 valence electrons. The van der Waals surface area contributed by atoms with E-state index in [1.54, 1.807) is 0 Å². The number of thioether (sulfide) groups is 1. The van der Waals surface area contributed by atoms with Gasteiger partial charge in [0.2, 0.25) is 5.91 Å². The largest absolute Gasteiger partial charge is 0.384 e. The average Bonchev–Trinajstić information content (AvgIpc) is 2.27. The summed E-state index contributed by atoms with van der Waals surface area (Å²) in [6.45, 7) is 5.36. The Bertz CT molecular complexity index is 366. The number of rotatable bonds is 7. The van der Waals surface area contributed by atoms with Crippen molar-refractivity contribution in [2.24, 2.45) is 11.7 Å². The van der Waals surface area contributed by atoms with Gasteiger partial charge in [-0.05, 0) is 24.5 Å². The van der Waals surface area contributed by atoms with E-state index < -0.39 is 0 Å². The maximum absolute atomic E-state index is 10.8. The summed E-state index contributed by atoms with van der Waals surface area (Å²) in [5, 5.41) is 3.40. The molecule has 1 aromatic carbocycles. The van der Waals surface area contributed by atoms with Crippen LogP contribution in [0.4, 0.5) is 5.69 Å². The van der Waals surface area contributed by atoms with E-state index in [1.165, 1.54) is 11.8 Å². The van der Waals surface area contributed by atoms with Crippen LogP contribution in [-0.2, 0) is 4.79 Å². The molecular weight excluding hydrogens is 232 g/mol. The topological polar surface area (TPSA) is 55.1 Å². The molecule has 0 saturated heterocycles. The Morgan fingerprint density at radius 2 is 2.12 bits per heavy atom. The van der Waals surface area contributed by atoms with Crippen molar-refractivity contribution < 1.29 is 4.79 Å². The Morgan fingerprint density at radius 1 is 1.41 bits per heavy atom. The highest BCUT2D eigenvalue weighted by molar-refractivity contribution is 8.00. The first kappa shape index (κ1) is 13.9. The van der Waals surface area contributed by atoms with Crippen LogP contribution in [0.2, 0.25) is 0 Å². The molecule has 0 unspecified atom stereocenters. The fourth-order valence-electron chi connectivity index (χ4n) is 1.38. The Morgan fingerprint density at radius 3 is 2.76 bits per heavy atom. The molecule has 0 fully saturated rings. The number of hydrogen-bond acceptors (Lipinski definition) is 3. The van der Waals surface area contributed by atoms with E-state index in [2.05, 4.69) is 19.2 Å². The van der Waals surface area contributed by atoms with Crippen molar-refractivity contribution in [1.82, 2.24) is 0 Å². The van der Waals surface area contributed by atoms with E-state index in [0.29, 0.717) is 11.7 Å². The van der Waals surface area contributed by atoms with Crippen LogP contribution in [0.25, 0.3) is 0 Å². The molecule has 1 amide bonds. The fraction of sp³-hybridized carbons (Fsp3) is 0.462. The Kier molecular flexibility index (Phi) is 5.91. The highest BCUT2D eigenvalue weighted by Gasteiger charge is 2.04. The Labute approximate surface area is 107 Å². The number of benzene rings is 1. The maximum Gasteiger partial charge on any atom is 0.227 e. The SMILES string of the molecule is CC(C)CCNc1ccccc1SCC(N)=O. The minimum Gasteiger partial charge on any atom is -0.384 e. The lowest BCUT2D eigenvalue weighted by atomic mass is 10.1. The molecular formula is C13H20N2OS. The molecule has 1 aromatic rings. The molecule has 17 heavy (non-hydrogen) atoms. The van der Waals surface area contributed by atoms with Gasteiger partial charge >= 0.3 is 0 Å². The van der Waals surface area contributed by atoms with E-state index in [1.807, 2.05) is 24.3 Å². The molecule has 0 aliphatic rings. The summed E-state index contributed by atoms with van der Waals surface area (Å²) in [5.41, 5.74) is 6.23. The molecule has 0 atom stereocenters. The number of primary amides is 1. The van der Waals surface area contributed by atoms with Crippen molar-refractivity contribution >= 4 is 23.4 Å². The third-order valence-corrected chi connectivity index (χ3v) is 3.39. The van der Waals surface area contributed by atoms with Gasteiger partial charge in [0.1, 0.15) is 0 Å². The van der Waals surface area contributed by atoms with Crippen LogP contribution in [-0.4, -0.2) is 18.2 Å². The molecule has 4 heteroatoms. The lowest BCUT2D eigenvalue weighted by Gasteiger charge is -2.12. The summed E-state index contributed by atoms with van der Waals surface area (Å²) in [6.07, 6.45) is 1.13. The smallest absolute Gasteiger partial charge is 0.227 e. The van der Waals surface area contributed by atoms with Gasteiger partial charge in [0.25, 0.3) is 0 Å². The first-order chi connectivity index (χ1) is 8.09. The molecule has 1 rings (SSSR count). The zero-order chi connectivity index (χ0) is 12.7. The molecule has 0 aliphatic heterocycles. The normalized spacial score (nSPS) is 10.5. The van der Waals surface area contributed by atoms with Crippen LogP contribution >= 0.6 is 11.8 Å². The molecule has 3 N–H and O–H groups in total. The summed E-state index contributed by atoms with van der Waals surface area (Å²) in [5.74, 6) is 0.725. The van der Waals surface area contributed by atoms with Crippen LogP contribution < -0.4 is 11.1 Å². The van der Waals surface area contributed by atoms with Crippen LogP contribution in [0.3, 0.4) is 0 Å². The minimum atomic E-state index is -0.285. The second-order valence-corrected chi connectivity index (χ2v) is 5.38. The molecule has 0 bridgehead atoms. The van der Waals surface area contributed by atoms with E-state index in [0.717, 1.165) is 23.5 Å². The Hall–Kier alpha value is -1.16. The molecule has 0 saturated carbocycles. The van der Waals surface area contributed by atoms with E-state index in [9.17, 15) is 4.79 Å². The van der Waals surface area contributed by atoms with Crippen LogP contribution in [0.5, 0.6) is 0 Å². The molecule has 3 nitrogen and oxygen atoms in total. The summed E-state index contributed by atoms with van der Waals surface area (Å²) >= 11 is 1.48. The summed E-state index contributed by atoms with van der Waals surface area (Å²) in [4.78, 5) is 11.8. The van der Waals surface area contributed by atoms with Gasteiger partial charge in [0.05, 0.1) is 5.75 Å². The monoisotopic (exact) mass is 252 g/mol. The zero-order valence-electron chi connectivity index (χ0n) is 10.4. The molecule has 0 aromatic heterocycles. The quantitative estimate of drug-likeness (QED) is 0.734. The summed E-state index contributed by atoms with van der Waals surface area (Å²) in [7, 11) is 0. The van der Waals surface area contributed by atoms with E-state index >= 15 is 0 Å². The number of carbonyl (C=O) groups excluding carboxylic acids is 1. The number of para-hydroxylation sites is 1. The van der Waals surface area contributed by atoms with Gasteiger partial charge in [-0.2, -0.15) is 0 Å². The number of amides is 1. The predicted molar refractivity (Wildman–Crippen MR) is 74.3 cm³/mol. The summed E-state index contributed by atoms with van der Waals surface area (Å²) < 4.78 is 0. The second kappa shape index (κ2) is 7.22. The van der Waals surface area contributed by atoms with E-state index in [4.69, 9.17) is 5.73 Å². The van der Waals surface area contributed by atoms with Crippen LogP contribution in [0.1, 0.15) is 20.3 Å². The molecule has 0 heterocycles. The van der Waals surface area contributed by atoms with Crippen LogP contribution in [0, 0.1) is 5.92 Å². The summed E-state index contributed by atoms with van der Waals surface area (Å²) in [6, 6.07) is 8.00. The average molecular weight is 252 g/mol. The predicted octanol–water partition coefficient (Wildman–Crippen LogP) is 2.72. The zero-order valence-corrected chi connectivity index (χ0v) is 11.2. The van der Waals surface area contributed by atoms with Crippen molar-refractivity contribution in [1.29, 1.82) is 0 Å². The van der Waals surface area contributed by atoms with Crippen molar-refractivity contribution in [3.8, 4) is 0 Å². The minimum absolute atomic E-state index is 0.285. The number of carbonyl (C=O) groups is 1. The standard InChI is InChI=1S/C13H20N2OS/c1-10(2)7-8-15-11-5-3-4-6-12(11)17-9-13(14)16/h3-6,10,15H,7-9H2,1-2H3,(H2,14,16). The van der Waals surface area contributed by atoms with Crippen molar-refractivity contribution in [2.75, 3.05) is 17.6 Å². The van der Waals surface area contributed by atoms with Crippen molar-refractivity contribution in [3.63, 3.8) is 0 Å². The molecule has 0 radical (unpaired) electrons. The maximum atomic E-state index is 10.8. The van der Waals surface area contributed by atoms with Crippen molar-refractivity contribution in [3.05, 3.63) is 24.3 Å². The van der Waals surface area contributed by atoms with E-state index in [-0.39, 0.29) is 5.91 Å². The van der Waals surface area contributed by atoms with Crippen molar-refractivity contribution in [2.45, 2.75) is 25.2 Å². The third-order valence-electron chi connectivity index (χ3n) is 2.29. The molecule has 0 aliphatic carbocycles. The number of nitrogens with two attached hydrogens (primary N) is 1. The second-order valence-electron chi connectivity index (χ2n) is 4.36. The van der Waals surface area contributed by atoms with Gasteiger partial charge in [-0.1, -0.05) is 26.0 Å².